The number of hydrazone groups is 1. The monoisotopic (exact) mass is 369 g/mol. The number of nitrogens with zero attached hydrogens (tertiary/aromatic N) is 2. The van der Waals surface area contributed by atoms with Crippen molar-refractivity contribution in [3.05, 3.63) is 68.6 Å². The van der Waals surface area contributed by atoms with Crippen LogP contribution >= 0.6 is 0 Å². The van der Waals surface area contributed by atoms with E-state index in [9.17, 15) is 20.0 Å². The smallest absolute Gasteiger partial charge is 0.349 e. The number of nitrogens with one attached hydrogen (secondary N) is 1. The van der Waals surface area contributed by atoms with Crippen LogP contribution in [-0.4, -0.2) is 22.9 Å². The molecule has 0 saturated carbocycles. The van der Waals surface area contributed by atoms with Gasteiger partial charge >= 0.3 is 5.63 Å². The molecule has 3 rings (SSSR count). The fourth-order valence-corrected chi connectivity index (χ4v) is 2.50. The van der Waals surface area contributed by atoms with Gasteiger partial charge in [0.05, 0.1) is 28.8 Å². The SMILES string of the molecule is COc1ccc2c(O)c(/C(C)=N/Nc3cccc([N+](=O)[O-])c3)c(=O)oc2c1. The Morgan fingerprint density at radius 1 is 1.30 bits per heavy atom. The van der Waals surface area contributed by atoms with Crippen molar-refractivity contribution in [1.82, 2.24) is 0 Å². The number of benzene rings is 2. The lowest BCUT2D eigenvalue weighted by atomic mass is 10.1. The van der Waals surface area contributed by atoms with Crippen LogP contribution in [0.4, 0.5) is 11.4 Å². The molecule has 0 radical (unpaired) electrons. The summed E-state index contributed by atoms with van der Waals surface area (Å²) in [6, 6.07) is 10.4. The summed E-state index contributed by atoms with van der Waals surface area (Å²) in [5.41, 5.74) is 2.35. The second-order valence-electron chi connectivity index (χ2n) is 5.59. The number of ether oxygens (including phenoxy) is 1. The average molecular weight is 369 g/mol. The maximum absolute atomic E-state index is 12.3. The van der Waals surface area contributed by atoms with Crippen LogP contribution < -0.4 is 15.8 Å². The maximum atomic E-state index is 12.3. The Hall–Kier alpha value is -3.88. The first-order chi connectivity index (χ1) is 12.9. The molecule has 0 aliphatic rings. The van der Waals surface area contributed by atoms with Gasteiger partial charge in [0, 0.05) is 18.2 Å². The number of hydrogen-bond acceptors (Lipinski definition) is 8. The first kappa shape index (κ1) is 17.9. The molecule has 138 valence electrons. The predicted octanol–water partition coefficient (Wildman–Crippen LogP) is 3.25. The lowest BCUT2D eigenvalue weighted by Crippen LogP contribution is -2.14. The molecule has 9 heteroatoms. The number of fused-ring (bicyclic) bond motifs is 1. The molecule has 2 N–H and O–H groups in total. The molecule has 0 unspecified atom stereocenters. The fourth-order valence-electron chi connectivity index (χ4n) is 2.50. The summed E-state index contributed by atoms with van der Waals surface area (Å²) in [5, 5.41) is 25.7. The summed E-state index contributed by atoms with van der Waals surface area (Å²) in [5.74, 6) is 0.210. The normalized spacial score (nSPS) is 11.4. The summed E-state index contributed by atoms with van der Waals surface area (Å²) in [4.78, 5) is 22.6. The van der Waals surface area contributed by atoms with E-state index in [0.717, 1.165) is 0 Å². The molecular weight excluding hydrogens is 354 g/mol. The standard InChI is InChI=1S/C18H15N3O6/c1-10(19-20-11-4-3-5-12(8-11)21(24)25)16-17(22)14-7-6-13(26-2)9-15(14)27-18(16)23/h3-9,20,22H,1-2H3/b19-10+. The minimum absolute atomic E-state index is 0.102. The Morgan fingerprint density at radius 3 is 2.78 bits per heavy atom. The van der Waals surface area contributed by atoms with Gasteiger partial charge in [-0.2, -0.15) is 5.10 Å². The van der Waals surface area contributed by atoms with Crippen LogP contribution in [0, 0.1) is 10.1 Å². The van der Waals surface area contributed by atoms with E-state index >= 15 is 0 Å². The molecule has 0 spiro atoms. The topological polar surface area (TPSA) is 127 Å². The Balaban J connectivity index is 1.99. The zero-order chi connectivity index (χ0) is 19.6. The minimum Gasteiger partial charge on any atom is -0.506 e. The van der Waals surface area contributed by atoms with E-state index in [4.69, 9.17) is 9.15 Å². The molecule has 2 aromatic carbocycles. The van der Waals surface area contributed by atoms with E-state index in [1.807, 2.05) is 0 Å². The van der Waals surface area contributed by atoms with Gasteiger partial charge in [-0.05, 0) is 25.1 Å². The minimum atomic E-state index is -0.768. The largest absolute Gasteiger partial charge is 0.506 e. The molecule has 0 aliphatic heterocycles. The predicted molar refractivity (Wildman–Crippen MR) is 99.6 cm³/mol. The van der Waals surface area contributed by atoms with E-state index in [-0.39, 0.29) is 28.3 Å². The number of nitro benzene ring substituents is 1. The van der Waals surface area contributed by atoms with E-state index in [0.29, 0.717) is 16.8 Å². The summed E-state index contributed by atoms with van der Waals surface area (Å²) >= 11 is 0. The maximum Gasteiger partial charge on any atom is 0.349 e. The number of hydrogen-bond donors (Lipinski definition) is 2. The zero-order valence-corrected chi connectivity index (χ0v) is 14.4. The molecule has 0 fully saturated rings. The van der Waals surface area contributed by atoms with E-state index in [2.05, 4.69) is 10.5 Å². The van der Waals surface area contributed by atoms with Crippen molar-refractivity contribution in [2.75, 3.05) is 12.5 Å². The highest BCUT2D eigenvalue weighted by Gasteiger charge is 2.17. The van der Waals surface area contributed by atoms with Crippen molar-refractivity contribution in [3.8, 4) is 11.5 Å². The zero-order valence-electron chi connectivity index (χ0n) is 14.4. The number of nitro groups is 1. The van der Waals surface area contributed by atoms with E-state index in [1.165, 1.54) is 38.3 Å². The van der Waals surface area contributed by atoms with Gasteiger partial charge in [-0.25, -0.2) is 4.79 Å². The number of aromatic hydroxyl groups is 1. The second-order valence-corrected chi connectivity index (χ2v) is 5.59. The van der Waals surface area contributed by atoms with Crippen molar-refractivity contribution >= 4 is 28.1 Å². The molecule has 0 amide bonds. The van der Waals surface area contributed by atoms with Gasteiger partial charge in [0.2, 0.25) is 0 Å². The van der Waals surface area contributed by atoms with Crippen LogP contribution in [0.1, 0.15) is 12.5 Å². The van der Waals surface area contributed by atoms with Gasteiger partial charge in [-0.3, -0.25) is 15.5 Å². The van der Waals surface area contributed by atoms with Crippen LogP contribution in [0.15, 0.2) is 56.8 Å². The number of non-ortho nitro benzene ring substituents is 1. The number of methoxy groups -OCH3 is 1. The van der Waals surface area contributed by atoms with Gasteiger partial charge in [0.25, 0.3) is 5.69 Å². The van der Waals surface area contributed by atoms with Gasteiger partial charge < -0.3 is 14.3 Å². The van der Waals surface area contributed by atoms with Crippen molar-refractivity contribution in [3.63, 3.8) is 0 Å². The first-order valence-electron chi connectivity index (χ1n) is 7.79. The van der Waals surface area contributed by atoms with Crippen LogP contribution in [0.2, 0.25) is 0 Å². The molecule has 9 nitrogen and oxygen atoms in total. The molecule has 27 heavy (non-hydrogen) atoms. The first-order valence-corrected chi connectivity index (χ1v) is 7.79. The highest BCUT2D eigenvalue weighted by molar-refractivity contribution is 6.04. The Labute approximate surface area is 152 Å². The fraction of sp³-hybridized carbons (Fsp3) is 0.111. The molecule has 0 aliphatic carbocycles. The number of anilines is 1. The lowest BCUT2D eigenvalue weighted by Gasteiger charge is -2.08. The summed E-state index contributed by atoms with van der Waals surface area (Å²) in [6.07, 6.45) is 0. The van der Waals surface area contributed by atoms with E-state index in [1.54, 1.807) is 18.2 Å². The third-order valence-electron chi connectivity index (χ3n) is 3.86. The van der Waals surface area contributed by atoms with Crippen LogP contribution in [0.25, 0.3) is 11.0 Å². The molecule has 0 bridgehead atoms. The Morgan fingerprint density at radius 2 is 2.07 bits per heavy atom. The van der Waals surface area contributed by atoms with Crippen LogP contribution in [0.3, 0.4) is 0 Å². The third-order valence-corrected chi connectivity index (χ3v) is 3.86. The molecule has 0 saturated heterocycles. The molecule has 1 heterocycles. The van der Waals surface area contributed by atoms with Crippen molar-refractivity contribution < 1.29 is 19.2 Å². The van der Waals surface area contributed by atoms with Crippen molar-refractivity contribution in [2.45, 2.75) is 6.92 Å². The molecule has 3 aromatic rings. The van der Waals surface area contributed by atoms with Gasteiger partial charge in [0.1, 0.15) is 22.6 Å². The number of rotatable bonds is 5. The Bertz CT molecular complexity index is 1120. The van der Waals surface area contributed by atoms with Crippen LogP contribution in [-0.2, 0) is 0 Å². The average Bonchev–Trinajstić information content (AvgIpc) is 2.66. The summed E-state index contributed by atoms with van der Waals surface area (Å²) < 4.78 is 10.3. The van der Waals surface area contributed by atoms with Crippen molar-refractivity contribution in [2.24, 2.45) is 5.10 Å². The van der Waals surface area contributed by atoms with Gasteiger partial charge in [-0.15, -0.1) is 0 Å². The molecule has 0 atom stereocenters. The van der Waals surface area contributed by atoms with Crippen LogP contribution in [0.5, 0.6) is 11.5 Å². The third kappa shape index (κ3) is 3.56. The second kappa shape index (κ2) is 7.16. The molecule has 1 aromatic heterocycles. The Kier molecular flexibility index (Phi) is 4.75. The van der Waals surface area contributed by atoms with Gasteiger partial charge in [-0.1, -0.05) is 6.07 Å². The quantitative estimate of drug-likeness (QED) is 0.306. The van der Waals surface area contributed by atoms with E-state index < -0.39 is 10.5 Å². The summed E-state index contributed by atoms with van der Waals surface area (Å²) in [6.45, 7) is 1.51. The molecular formula is C18H15N3O6. The van der Waals surface area contributed by atoms with Crippen molar-refractivity contribution in [1.29, 1.82) is 0 Å². The summed E-state index contributed by atoms with van der Waals surface area (Å²) in [7, 11) is 1.48. The lowest BCUT2D eigenvalue weighted by molar-refractivity contribution is -0.384. The highest BCUT2D eigenvalue weighted by atomic mass is 16.6. The highest BCUT2D eigenvalue weighted by Crippen LogP contribution is 2.29. The van der Waals surface area contributed by atoms with Gasteiger partial charge in [0.15, 0.2) is 0 Å².